The minimum absolute atomic E-state index is 0.288. The number of aliphatic carboxylic acids is 1. The van der Waals surface area contributed by atoms with Gasteiger partial charge < -0.3 is 10.4 Å². The second-order valence-corrected chi connectivity index (χ2v) is 2.96. The molecule has 0 aromatic heterocycles. The second-order valence-electron chi connectivity index (χ2n) is 2.96. The first-order valence-electron chi connectivity index (χ1n) is 4.81. The van der Waals surface area contributed by atoms with E-state index in [0.29, 0.717) is 0 Å². The van der Waals surface area contributed by atoms with E-state index < -0.39 is 5.97 Å². The molecule has 2 N–H and O–H groups in total. The predicted octanol–water partition coefficient (Wildman–Crippen LogP) is 1.80. The molecule has 0 rings (SSSR count). The lowest BCUT2D eigenvalue weighted by Gasteiger charge is -2.00. The van der Waals surface area contributed by atoms with E-state index in [1.165, 1.54) is 0 Å². The number of hydrogen-bond acceptors (Lipinski definition) is 2. The van der Waals surface area contributed by atoms with Gasteiger partial charge in [-0.15, -0.1) is 0 Å². The molecule has 13 heavy (non-hydrogen) atoms. The summed E-state index contributed by atoms with van der Waals surface area (Å²) in [6.45, 7) is 3.91. The van der Waals surface area contributed by atoms with Gasteiger partial charge in [-0.1, -0.05) is 12.2 Å². The summed E-state index contributed by atoms with van der Waals surface area (Å²) in [7, 11) is 0. The molecule has 3 nitrogen and oxygen atoms in total. The lowest BCUT2D eigenvalue weighted by atomic mass is 10.2. The number of carbonyl (C=O) groups is 1. The van der Waals surface area contributed by atoms with Gasteiger partial charge in [-0.25, -0.2) is 0 Å². The fourth-order valence-corrected chi connectivity index (χ4v) is 1.00. The molecule has 3 heteroatoms. The summed E-state index contributed by atoms with van der Waals surface area (Å²) in [5.74, 6) is -0.700. The molecular weight excluding hydrogens is 166 g/mol. The quantitative estimate of drug-likeness (QED) is 0.448. The zero-order chi connectivity index (χ0) is 9.94. The number of nitrogens with one attached hydrogen (secondary N) is 1. The molecule has 0 saturated heterocycles. The van der Waals surface area contributed by atoms with Crippen LogP contribution >= 0.6 is 0 Å². The molecule has 0 saturated carbocycles. The van der Waals surface area contributed by atoms with Gasteiger partial charge in [-0.2, -0.15) is 0 Å². The molecule has 0 atom stereocenters. The molecule has 0 heterocycles. The Hall–Kier alpha value is -0.830. The van der Waals surface area contributed by atoms with E-state index in [1.807, 2.05) is 13.0 Å². The van der Waals surface area contributed by atoms with Crippen LogP contribution in [0.1, 0.15) is 32.6 Å². The molecule has 0 aromatic carbocycles. The van der Waals surface area contributed by atoms with E-state index in [0.717, 1.165) is 32.4 Å². The summed E-state index contributed by atoms with van der Waals surface area (Å²) in [6, 6.07) is 0. The van der Waals surface area contributed by atoms with Crippen molar-refractivity contribution in [2.24, 2.45) is 0 Å². The highest BCUT2D eigenvalue weighted by Gasteiger charge is 1.94. The highest BCUT2D eigenvalue weighted by atomic mass is 16.4. The van der Waals surface area contributed by atoms with Crippen LogP contribution in [0.5, 0.6) is 0 Å². The van der Waals surface area contributed by atoms with Gasteiger partial charge in [0, 0.05) is 6.42 Å². The fourth-order valence-electron chi connectivity index (χ4n) is 1.00. The Labute approximate surface area is 79.8 Å². The number of rotatable bonds is 8. The highest BCUT2D eigenvalue weighted by Crippen LogP contribution is 1.93. The molecule has 76 valence electrons. The van der Waals surface area contributed by atoms with Crippen LogP contribution in [0.4, 0.5) is 0 Å². The minimum Gasteiger partial charge on any atom is -0.481 e. The first-order valence-corrected chi connectivity index (χ1v) is 4.81. The van der Waals surface area contributed by atoms with E-state index in [9.17, 15) is 4.79 Å². The van der Waals surface area contributed by atoms with Crippen molar-refractivity contribution in [3.8, 4) is 0 Å². The monoisotopic (exact) mass is 185 g/mol. The zero-order valence-corrected chi connectivity index (χ0v) is 8.25. The second kappa shape index (κ2) is 9.26. The lowest BCUT2D eigenvalue weighted by Crippen LogP contribution is -2.16. The SMILES string of the molecule is C/C=C/CCNCCCCC(=O)O. The van der Waals surface area contributed by atoms with Crippen molar-refractivity contribution in [2.75, 3.05) is 13.1 Å². The Morgan fingerprint density at radius 1 is 1.38 bits per heavy atom. The smallest absolute Gasteiger partial charge is 0.303 e. The Bertz CT molecular complexity index is 155. The van der Waals surface area contributed by atoms with Crippen molar-refractivity contribution in [3.63, 3.8) is 0 Å². The number of hydrogen-bond donors (Lipinski definition) is 2. The third-order valence-electron chi connectivity index (χ3n) is 1.72. The Morgan fingerprint density at radius 2 is 2.15 bits per heavy atom. The van der Waals surface area contributed by atoms with Crippen LogP contribution in [-0.2, 0) is 4.79 Å². The molecule has 0 amide bonds. The summed E-state index contributed by atoms with van der Waals surface area (Å²) in [5.41, 5.74) is 0. The molecule has 0 aliphatic rings. The van der Waals surface area contributed by atoms with Crippen LogP contribution in [0.2, 0.25) is 0 Å². The van der Waals surface area contributed by atoms with Crippen molar-refractivity contribution >= 4 is 5.97 Å². The summed E-state index contributed by atoms with van der Waals surface area (Å²) in [4.78, 5) is 10.1. The number of carboxylic acid groups (broad SMARTS) is 1. The lowest BCUT2D eigenvalue weighted by molar-refractivity contribution is -0.137. The maximum atomic E-state index is 10.1. The first kappa shape index (κ1) is 12.2. The fraction of sp³-hybridized carbons (Fsp3) is 0.700. The van der Waals surface area contributed by atoms with E-state index >= 15 is 0 Å². The summed E-state index contributed by atoms with van der Waals surface area (Å²) in [6.07, 6.45) is 7.20. The topological polar surface area (TPSA) is 49.3 Å². The van der Waals surface area contributed by atoms with Crippen LogP contribution in [0, 0.1) is 0 Å². The Kier molecular flexibility index (Phi) is 8.67. The third kappa shape index (κ3) is 11.2. The average molecular weight is 185 g/mol. The Morgan fingerprint density at radius 3 is 2.77 bits per heavy atom. The molecule has 0 aliphatic heterocycles. The molecule has 0 spiro atoms. The van der Waals surface area contributed by atoms with Crippen LogP contribution in [0.3, 0.4) is 0 Å². The van der Waals surface area contributed by atoms with E-state index in [1.54, 1.807) is 0 Å². The van der Waals surface area contributed by atoms with Crippen molar-refractivity contribution < 1.29 is 9.90 Å². The molecule has 0 bridgehead atoms. The van der Waals surface area contributed by atoms with Crippen molar-refractivity contribution in [1.29, 1.82) is 0 Å². The maximum absolute atomic E-state index is 10.1. The van der Waals surface area contributed by atoms with Crippen LogP contribution < -0.4 is 5.32 Å². The molecule has 0 unspecified atom stereocenters. The highest BCUT2D eigenvalue weighted by molar-refractivity contribution is 5.66. The average Bonchev–Trinajstić information content (AvgIpc) is 2.09. The summed E-state index contributed by atoms with van der Waals surface area (Å²) >= 11 is 0. The number of carboxylic acids is 1. The van der Waals surface area contributed by atoms with Crippen LogP contribution in [-0.4, -0.2) is 24.2 Å². The van der Waals surface area contributed by atoms with E-state index in [2.05, 4.69) is 11.4 Å². The third-order valence-corrected chi connectivity index (χ3v) is 1.72. The summed E-state index contributed by atoms with van der Waals surface area (Å²) < 4.78 is 0. The van der Waals surface area contributed by atoms with Crippen LogP contribution in [0.25, 0.3) is 0 Å². The largest absolute Gasteiger partial charge is 0.481 e. The van der Waals surface area contributed by atoms with Crippen molar-refractivity contribution in [2.45, 2.75) is 32.6 Å². The van der Waals surface area contributed by atoms with Gasteiger partial charge in [0.25, 0.3) is 0 Å². The molecule has 0 fully saturated rings. The summed E-state index contributed by atoms with van der Waals surface area (Å²) in [5, 5.41) is 11.6. The van der Waals surface area contributed by atoms with E-state index in [-0.39, 0.29) is 6.42 Å². The standard InChI is InChI=1S/C10H19NO2/c1-2-3-5-8-11-9-6-4-7-10(12)13/h2-3,11H,4-9H2,1H3,(H,12,13)/b3-2+. The number of allylic oxidation sites excluding steroid dienone is 1. The molecule has 0 aromatic rings. The van der Waals surface area contributed by atoms with Gasteiger partial charge in [0.15, 0.2) is 0 Å². The van der Waals surface area contributed by atoms with Gasteiger partial charge in [-0.3, -0.25) is 4.79 Å². The Balaban J connectivity index is 2.95. The van der Waals surface area contributed by atoms with Crippen LogP contribution in [0.15, 0.2) is 12.2 Å². The van der Waals surface area contributed by atoms with Crippen molar-refractivity contribution in [3.05, 3.63) is 12.2 Å². The normalized spacial score (nSPS) is 10.8. The molecular formula is C10H19NO2. The first-order chi connectivity index (χ1) is 6.27. The van der Waals surface area contributed by atoms with E-state index in [4.69, 9.17) is 5.11 Å². The van der Waals surface area contributed by atoms with Gasteiger partial charge in [-0.05, 0) is 39.3 Å². The maximum Gasteiger partial charge on any atom is 0.303 e. The predicted molar refractivity (Wildman–Crippen MR) is 53.8 cm³/mol. The van der Waals surface area contributed by atoms with Gasteiger partial charge in [0.05, 0.1) is 0 Å². The zero-order valence-electron chi connectivity index (χ0n) is 8.25. The molecule has 0 aliphatic carbocycles. The van der Waals surface area contributed by atoms with Gasteiger partial charge in [0.1, 0.15) is 0 Å². The van der Waals surface area contributed by atoms with Gasteiger partial charge >= 0.3 is 5.97 Å². The number of unbranched alkanes of at least 4 members (excludes halogenated alkanes) is 1. The van der Waals surface area contributed by atoms with Gasteiger partial charge in [0.2, 0.25) is 0 Å². The van der Waals surface area contributed by atoms with Crippen molar-refractivity contribution in [1.82, 2.24) is 5.32 Å². The molecule has 0 radical (unpaired) electrons. The minimum atomic E-state index is -0.700.